The number of aromatic amines is 1. The third-order valence-corrected chi connectivity index (χ3v) is 4.48. The predicted octanol–water partition coefficient (Wildman–Crippen LogP) is 2.74. The Morgan fingerprint density at radius 2 is 1.81 bits per heavy atom. The summed E-state index contributed by atoms with van der Waals surface area (Å²) in [5.41, 5.74) is 0.526. The van der Waals surface area contributed by atoms with Gasteiger partial charge in [-0.05, 0) is 55.3 Å². The SMILES string of the molecule is N#CC1(NC(=O)c2ccc3[nH]nc(NC(=O)c4ccc(F)cc4)c3c2)CC1. The van der Waals surface area contributed by atoms with Crippen LogP contribution in [-0.2, 0) is 0 Å². The van der Waals surface area contributed by atoms with Crippen LogP contribution in [0.5, 0.6) is 0 Å². The lowest BCUT2D eigenvalue weighted by Crippen LogP contribution is -2.35. The Morgan fingerprint density at radius 3 is 2.48 bits per heavy atom. The molecule has 1 saturated carbocycles. The summed E-state index contributed by atoms with van der Waals surface area (Å²) in [6.07, 6.45) is 1.28. The van der Waals surface area contributed by atoms with Crippen molar-refractivity contribution in [3.63, 3.8) is 0 Å². The van der Waals surface area contributed by atoms with Crippen LogP contribution in [0.4, 0.5) is 10.2 Å². The van der Waals surface area contributed by atoms with Crippen LogP contribution in [0, 0.1) is 17.1 Å². The number of amides is 2. The fourth-order valence-electron chi connectivity index (χ4n) is 2.71. The first kappa shape index (κ1) is 16.7. The largest absolute Gasteiger partial charge is 0.334 e. The summed E-state index contributed by atoms with van der Waals surface area (Å²) in [7, 11) is 0. The number of halogens is 1. The highest BCUT2D eigenvalue weighted by atomic mass is 19.1. The average molecular weight is 363 g/mol. The van der Waals surface area contributed by atoms with Crippen molar-refractivity contribution >= 4 is 28.5 Å². The highest BCUT2D eigenvalue weighted by Crippen LogP contribution is 2.34. The second-order valence-corrected chi connectivity index (χ2v) is 6.44. The van der Waals surface area contributed by atoms with Gasteiger partial charge in [-0.25, -0.2) is 4.39 Å². The van der Waals surface area contributed by atoms with Crippen molar-refractivity contribution in [3.05, 3.63) is 59.4 Å². The van der Waals surface area contributed by atoms with Crippen molar-refractivity contribution in [2.24, 2.45) is 0 Å². The van der Waals surface area contributed by atoms with Crippen LogP contribution in [0.2, 0.25) is 0 Å². The van der Waals surface area contributed by atoms with E-state index in [-0.39, 0.29) is 17.3 Å². The molecule has 0 atom stereocenters. The van der Waals surface area contributed by atoms with Crippen LogP contribution in [0.3, 0.4) is 0 Å². The zero-order valence-electron chi connectivity index (χ0n) is 14.0. The summed E-state index contributed by atoms with van der Waals surface area (Å²) in [5, 5.41) is 21.9. The lowest BCUT2D eigenvalue weighted by molar-refractivity contribution is 0.0941. The van der Waals surface area contributed by atoms with Crippen molar-refractivity contribution < 1.29 is 14.0 Å². The Kier molecular flexibility index (Phi) is 3.85. The molecular weight excluding hydrogens is 349 g/mol. The molecule has 3 N–H and O–H groups in total. The highest BCUT2D eigenvalue weighted by Gasteiger charge is 2.44. The molecule has 1 aromatic heterocycles. The van der Waals surface area contributed by atoms with E-state index < -0.39 is 17.3 Å². The summed E-state index contributed by atoms with van der Waals surface area (Å²) in [6, 6.07) is 12.1. The molecule has 1 aliphatic carbocycles. The van der Waals surface area contributed by atoms with Gasteiger partial charge >= 0.3 is 0 Å². The monoisotopic (exact) mass is 363 g/mol. The van der Waals surface area contributed by atoms with Gasteiger partial charge in [0.15, 0.2) is 5.82 Å². The summed E-state index contributed by atoms with van der Waals surface area (Å²) in [5.74, 6) is -0.971. The van der Waals surface area contributed by atoms with E-state index in [9.17, 15) is 14.0 Å². The zero-order valence-corrected chi connectivity index (χ0v) is 14.0. The van der Waals surface area contributed by atoms with Gasteiger partial charge in [0.05, 0.1) is 11.6 Å². The van der Waals surface area contributed by atoms with E-state index in [0.29, 0.717) is 29.3 Å². The molecular formula is C19H14FN5O2. The number of benzene rings is 2. The maximum atomic E-state index is 13.0. The number of H-pyrrole nitrogens is 1. The molecule has 0 saturated heterocycles. The molecule has 4 rings (SSSR count). The van der Waals surface area contributed by atoms with Gasteiger partial charge in [-0.15, -0.1) is 0 Å². The van der Waals surface area contributed by atoms with Gasteiger partial charge in [-0.2, -0.15) is 10.4 Å². The number of anilines is 1. The summed E-state index contributed by atoms with van der Waals surface area (Å²) < 4.78 is 13.0. The molecule has 134 valence electrons. The number of carbonyl (C=O) groups excluding carboxylic acids is 2. The van der Waals surface area contributed by atoms with E-state index >= 15 is 0 Å². The molecule has 0 unspecified atom stereocenters. The smallest absolute Gasteiger partial charge is 0.256 e. The molecule has 8 heteroatoms. The fraction of sp³-hybridized carbons (Fsp3) is 0.158. The standard InChI is InChI=1S/C19H14FN5O2/c20-13-4-1-11(2-5-13)17(26)22-16-14-9-12(3-6-15(14)24-25-16)18(27)23-19(10-21)7-8-19/h1-6,9H,7-8H2,(H,23,27)(H2,22,24,25,26). The van der Waals surface area contributed by atoms with Crippen LogP contribution in [0.1, 0.15) is 33.6 Å². The summed E-state index contributed by atoms with van der Waals surface area (Å²) >= 11 is 0. The first-order chi connectivity index (χ1) is 13.0. The van der Waals surface area contributed by atoms with Crippen molar-refractivity contribution in [3.8, 4) is 6.07 Å². The number of rotatable bonds is 4. The first-order valence-corrected chi connectivity index (χ1v) is 8.28. The van der Waals surface area contributed by atoms with E-state index in [2.05, 4.69) is 26.9 Å². The zero-order chi connectivity index (χ0) is 19.0. The molecule has 3 aromatic rings. The maximum Gasteiger partial charge on any atom is 0.256 e. The van der Waals surface area contributed by atoms with Gasteiger partial charge in [-0.1, -0.05) is 0 Å². The average Bonchev–Trinajstić information content (AvgIpc) is 3.34. The minimum Gasteiger partial charge on any atom is -0.334 e. The van der Waals surface area contributed by atoms with E-state index in [1.54, 1.807) is 18.2 Å². The van der Waals surface area contributed by atoms with Crippen LogP contribution in [0.25, 0.3) is 10.9 Å². The van der Waals surface area contributed by atoms with Crippen molar-refractivity contribution in [1.29, 1.82) is 5.26 Å². The topological polar surface area (TPSA) is 111 Å². The molecule has 0 radical (unpaired) electrons. The number of nitrogens with zero attached hydrogens (tertiary/aromatic N) is 2. The highest BCUT2D eigenvalue weighted by molar-refractivity contribution is 6.09. The number of carbonyl (C=O) groups is 2. The van der Waals surface area contributed by atoms with Crippen LogP contribution in [0.15, 0.2) is 42.5 Å². The van der Waals surface area contributed by atoms with E-state index in [1.165, 1.54) is 24.3 Å². The number of nitriles is 1. The third-order valence-electron chi connectivity index (χ3n) is 4.48. The van der Waals surface area contributed by atoms with E-state index in [4.69, 9.17) is 5.26 Å². The second kappa shape index (κ2) is 6.21. The molecule has 7 nitrogen and oxygen atoms in total. The molecule has 0 bridgehead atoms. The minimum absolute atomic E-state index is 0.260. The van der Waals surface area contributed by atoms with Crippen molar-refractivity contribution in [2.45, 2.75) is 18.4 Å². The van der Waals surface area contributed by atoms with Crippen LogP contribution < -0.4 is 10.6 Å². The Morgan fingerprint density at radius 1 is 1.11 bits per heavy atom. The molecule has 2 amide bonds. The van der Waals surface area contributed by atoms with Gasteiger partial charge < -0.3 is 10.6 Å². The normalized spacial score (nSPS) is 14.4. The van der Waals surface area contributed by atoms with Crippen molar-refractivity contribution in [2.75, 3.05) is 5.32 Å². The van der Waals surface area contributed by atoms with Gasteiger partial charge in [0.25, 0.3) is 11.8 Å². The molecule has 1 fully saturated rings. The number of fused-ring (bicyclic) bond motifs is 1. The quantitative estimate of drug-likeness (QED) is 0.662. The van der Waals surface area contributed by atoms with Crippen molar-refractivity contribution in [1.82, 2.24) is 15.5 Å². The van der Waals surface area contributed by atoms with Crippen LogP contribution >= 0.6 is 0 Å². The van der Waals surface area contributed by atoms with E-state index in [1.807, 2.05) is 0 Å². The lowest BCUT2D eigenvalue weighted by atomic mass is 10.1. The van der Waals surface area contributed by atoms with E-state index in [0.717, 1.165) is 0 Å². The number of hydrogen-bond donors (Lipinski definition) is 3. The number of aromatic nitrogens is 2. The van der Waals surface area contributed by atoms with Gasteiger partial charge in [0.1, 0.15) is 11.4 Å². The Balaban J connectivity index is 1.58. The predicted molar refractivity (Wildman–Crippen MR) is 95.5 cm³/mol. The first-order valence-electron chi connectivity index (χ1n) is 8.28. The third kappa shape index (κ3) is 3.22. The molecule has 2 aromatic carbocycles. The molecule has 1 heterocycles. The molecule has 27 heavy (non-hydrogen) atoms. The molecule has 0 aliphatic heterocycles. The van der Waals surface area contributed by atoms with Gasteiger partial charge in [0.2, 0.25) is 0 Å². The molecule has 0 spiro atoms. The fourth-order valence-corrected chi connectivity index (χ4v) is 2.71. The number of nitrogens with one attached hydrogen (secondary N) is 3. The Bertz CT molecular complexity index is 1090. The lowest BCUT2D eigenvalue weighted by Gasteiger charge is -2.09. The number of hydrogen-bond acceptors (Lipinski definition) is 4. The van der Waals surface area contributed by atoms with Gasteiger partial charge in [0, 0.05) is 16.5 Å². The Hall–Kier alpha value is -3.73. The Labute approximate surface area is 153 Å². The minimum atomic E-state index is -0.762. The summed E-state index contributed by atoms with van der Waals surface area (Å²) in [6.45, 7) is 0. The van der Waals surface area contributed by atoms with Gasteiger partial charge in [-0.3, -0.25) is 14.7 Å². The maximum absolute atomic E-state index is 13.0. The second-order valence-electron chi connectivity index (χ2n) is 6.44. The summed E-state index contributed by atoms with van der Waals surface area (Å²) in [4.78, 5) is 24.7. The molecule has 1 aliphatic rings. The van der Waals surface area contributed by atoms with Crippen LogP contribution in [-0.4, -0.2) is 27.6 Å².